The van der Waals surface area contributed by atoms with Gasteiger partial charge in [0.2, 0.25) is 0 Å². The normalized spacial score (nSPS) is 14.0. The molecule has 0 amide bonds. The van der Waals surface area contributed by atoms with Crippen molar-refractivity contribution in [2.24, 2.45) is 0 Å². The summed E-state index contributed by atoms with van der Waals surface area (Å²) < 4.78 is 5.44. The van der Waals surface area contributed by atoms with E-state index in [-0.39, 0.29) is 10.8 Å². The van der Waals surface area contributed by atoms with E-state index in [4.69, 9.17) is 0 Å². The Hall–Kier alpha value is -5.86. The van der Waals surface area contributed by atoms with Crippen LogP contribution in [0.1, 0.15) is 218 Å². The lowest BCUT2D eigenvalue weighted by Gasteiger charge is -2.33. The Morgan fingerprint density at radius 1 is 0.269 bits per heavy atom. The molecule has 0 fully saturated rings. The molecule has 0 atom stereocenters. The number of nitrogens with zero attached hydrogens (tertiary/aromatic N) is 2. The van der Waals surface area contributed by atoms with Gasteiger partial charge in [0, 0.05) is 67.5 Å². The third kappa shape index (κ3) is 9.89. The smallest absolute Gasteiger partial charge is 0.0499 e. The average Bonchev–Trinajstić information content (AvgIpc) is 4.36. The van der Waals surface area contributed by atoms with Crippen LogP contribution in [0.25, 0.3) is 88.1 Å². The number of fused-ring (bicyclic) bond motifs is 12. The number of unbranched alkanes of at least 4 members (excludes halogenated alkanes) is 14. The summed E-state index contributed by atoms with van der Waals surface area (Å²) in [4.78, 5) is 0. The van der Waals surface area contributed by atoms with E-state index < -0.39 is 0 Å². The van der Waals surface area contributed by atoms with Gasteiger partial charge >= 0.3 is 0 Å². The molecule has 9 aromatic rings. The number of aryl methyl sites for hydroxylation is 2. The topological polar surface area (TPSA) is 9.86 Å². The van der Waals surface area contributed by atoms with E-state index in [9.17, 15) is 0 Å². The summed E-state index contributed by atoms with van der Waals surface area (Å²) in [5, 5.41) is 5.60. The Balaban J connectivity index is 1.06. The second-order valence-electron chi connectivity index (χ2n) is 24.4. The third-order valence-corrected chi connectivity index (χ3v) is 19.4. The molecule has 78 heavy (non-hydrogen) atoms. The Morgan fingerprint density at radius 3 is 0.987 bits per heavy atom. The Kier molecular flexibility index (Phi) is 16.8. The summed E-state index contributed by atoms with van der Waals surface area (Å²) in [7, 11) is 0. The van der Waals surface area contributed by atoms with Crippen molar-refractivity contribution in [1.29, 1.82) is 0 Å². The molecule has 2 heteroatoms. The first-order chi connectivity index (χ1) is 38.4. The standard InChI is InChI=1S/C76H92N2/c1-7-13-19-21-23-29-47-77-71-41-37-55(57-35-39-61-59-31-25-27-33-67(59)75(43-15-9-3,44-16-10-4)69(61)51-57)49-63(71)65-54-74-66(53-73(65)77)64-50-56(38-42-72(64)78(74)48-30-24-22-20-14-8-2)58-36-40-62-60-32-26-28-34-68(60)76(45-17-11-5,46-18-12-6)70(62)52-58/h25-28,31-42,49-54H,7-24,29-30,43-48H2,1-6H3. The van der Waals surface area contributed by atoms with E-state index >= 15 is 0 Å². The Morgan fingerprint density at radius 2 is 0.590 bits per heavy atom. The highest BCUT2D eigenvalue weighted by Crippen LogP contribution is 2.57. The molecule has 0 bridgehead atoms. The van der Waals surface area contributed by atoms with E-state index in [0.717, 1.165) is 13.1 Å². The first kappa shape index (κ1) is 54.1. The van der Waals surface area contributed by atoms with Gasteiger partial charge in [-0.2, -0.15) is 0 Å². The second kappa shape index (κ2) is 24.2. The van der Waals surface area contributed by atoms with Gasteiger partial charge in [-0.3, -0.25) is 0 Å². The van der Waals surface area contributed by atoms with Gasteiger partial charge < -0.3 is 9.13 Å². The minimum absolute atomic E-state index is 0.0698. The quantitative estimate of drug-likeness (QED) is 0.0433. The van der Waals surface area contributed by atoms with Crippen LogP contribution in [0.3, 0.4) is 0 Å². The van der Waals surface area contributed by atoms with E-state index in [1.165, 1.54) is 242 Å². The maximum atomic E-state index is 2.72. The summed E-state index contributed by atoms with van der Waals surface area (Å²) >= 11 is 0. The highest BCUT2D eigenvalue weighted by atomic mass is 15.0. The molecule has 0 aliphatic heterocycles. The van der Waals surface area contributed by atoms with Crippen LogP contribution in [0, 0.1) is 0 Å². The lowest BCUT2D eigenvalue weighted by molar-refractivity contribution is 0.414. The van der Waals surface area contributed by atoms with Crippen molar-refractivity contribution in [3.05, 3.63) is 156 Å². The Labute approximate surface area is 470 Å². The second-order valence-corrected chi connectivity index (χ2v) is 24.4. The van der Waals surface area contributed by atoms with Gasteiger partial charge in [-0.25, -0.2) is 0 Å². The van der Waals surface area contributed by atoms with Crippen LogP contribution in [0.5, 0.6) is 0 Å². The summed E-state index contributed by atoms with van der Waals surface area (Å²) in [5.41, 5.74) is 23.1. The largest absolute Gasteiger partial charge is 0.340 e. The predicted molar refractivity (Wildman–Crippen MR) is 341 cm³/mol. The van der Waals surface area contributed by atoms with Crippen molar-refractivity contribution in [2.75, 3.05) is 0 Å². The molecule has 406 valence electrons. The molecule has 7 aromatic carbocycles. The minimum Gasteiger partial charge on any atom is -0.340 e. The molecule has 0 spiro atoms. The van der Waals surface area contributed by atoms with Crippen LogP contribution >= 0.6 is 0 Å². The van der Waals surface area contributed by atoms with E-state index in [0.29, 0.717) is 0 Å². The van der Waals surface area contributed by atoms with Gasteiger partial charge in [0.1, 0.15) is 0 Å². The average molecular weight is 1030 g/mol. The van der Waals surface area contributed by atoms with Gasteiger partial charge in [0.25, 0.3) is 0 Å². The molecule has 2 aromatic heterocycles. The Bertz CT molecular complexity index is 3270. The molecule has 2 nitrogen and oxygen atoms in total. The molecular weight excluding hydrogens is 941 g/mol. The molecule has 0 saturated carbocycles. The first-order valence-electron chi connectivity index (χ1n) is 31.9. The lowest BCUT2D eigenvalue weighted by atomic mass is 9.70. The van der Waals surface area contributed by atoms with Crippen LogP contribution in [-0.2, 0) is 23.9 Å². The molecule has 2 aliphatic rings. The fourth-order valence-corrected chi connectivity index (χ4v) is 15.1. The van der Waals surface area contributed by atoms with Crippen LogP contribution < -0.4 is 0 Å². The van der Waals surface area contributed by atoms with Gasteiger partial charge in [-0.05, 0) is 154 Å². The number of benzene rings is 7. The zero-order chi connectivity index (χ0) is 53.6. The van der Waals surface area contributed by atoms with E-state index in [1.807, 2.05) is 0 Å². The fourth-order valence-electron chi connectivity index (χ4n) is 15.1. The molecule has 0 saturated heterocycles. The zero-order valence-electron chi connectivity index (χ0n) is 49.0. The van der Waals surface area contributed by atoms with Crippen molar-refractivity contribution in [2.45, 2.75) is 220 Å². The lowest BCUT2D eigenvalue weighted by Crippen LogP contribution is -2.25. The predicted octanol–water partition coefficient (Wildman–Crippen LogP) is 23.3. The summed E-state index contributed by atoms with van der Waals surface area (Å²) in [6.07, 6.45) is 30.3. The number of hydrogen-bond acceptors (Lipinski definition) is 0. The first-order valence-corrected chi connectivity index (χ1v) is 31.9. The number of rotatable bonds is 28. The molecule has 2 heterocycles. The van der Waals surface area contributed by atoms with Crippen LogP contribution in [0.4, 0.5) is 0 Å². The monoisotopic (exact) mass is 1030 g/mol. The maximum absolute atomic E-state index is 2.72. The zero-order valence-corrected chi connectivity index (χ0v) is 49.0. The van der Waals surface area contributed by atoms with Crippen molar-refractivity contribution in [3.63, 3.8) is 0 Å². The van der Waals surface area contributed by atoms with Gasteiger partial charge in [-0.15, -0.1) is 0 Å². The van der Waals surface area contributed by atoms with Gasteiger partial charge in [0.15, 0.2) is 0 Å². The molecule has 0 radical (unpaired) electrons. The summed E-state index contributed by atoms with van der Waals surface area (Å²) in [6, 6.07) is 54.2. The van der Waals surface area contributed by atoms with E-state index in [2.05, 4.69) is 184 Å². The fraction of sp³-hybridized carbons (Fsp3) is 0.447. The third-order valence-electron chi connectivity index (χ3n) is 19.4. The van der Waals surface area contributed by atoms with Gasteiger partial charge in [0.05, 0.1) is 0 Å². The highest BCUT2D eigenvalue weighted by molar-refractivity contribution is 6.19. The molecule has 0 N–H and O–H groups in total. The SMILES string of the molecule is CCCCCCCCn1c2ccc(-c3ccc4c(c3)C(CCCC)(CCCC)c3ccccc3-4)cc2c2cc3c(cc21)c1cc(-c2ccc4c(c2)C(CCCC)(CCCC)c2ccccc2-4)ccc1n3CCCCCCCC. The van der Waals surface area contributed by atoms with Crippen molar-refractivity contribution in [1.82, 2.24) is 9.13 Å². The molecule has 0 unspecified atom stereocenters. The number of hydrogen-bond donors (Lipinski definition) is 0. The van der Waals surface area contributed by atoms with Crippen molar-refractivity contribution in [3.8, 4) is 44.5 Å². The maximum Gasteiger partial charge on any atom is 0.0499 e. The highest BCUT2D eigenvalue weighted by Gasteiger charge is 2.43. The van der Waals surface area contributed by atoms with Crippen LogP contribution in [-0.4, -0.2) is 9.13 Å². The van der Waals surface area contributed by atoms with E-state index in [1.54, 1.807) is 22.3 Å². The van der Waals surface area contributed by atoms with Crippen molar-refractivity contribution >= 4 is 43.6 Å². The molecule has 11 rings (SSSR count). The summed E-state index contributed by atoms with van der Waals surface area (Å²) in [6.45, 7) is 16.2. The molecule has 2 aliphatic carbocycles. The van der Waals surface area contributed by atoms with Crippen LogP contribution in [0.15, 0.2) is 133 Å². The minimum atomic E-state index is 0.0698. The molecular formula is C76H92N2. The summed E-state index contributed by atoms with van der Waals surface area (Å²) in [5.74, 6) is 0. The van der Waals surface area contributed by atoms with Crippen LogP contribution in [0.2, 0.25) is 0 Å². The number of aromatic nitrogens is 2. The van der Waals surface area contributed by atoms with Gasteiger partial charge in [-0.1, -0.05) is 242 Å². The van der Waals surface area contributed by atoms with Crippen molar-refractivity contribution < 1.29 is 0 Å².